The van der Waals surface area contributed by atoms with Gasteiger partial charge in [-0.1, -0.05) is 21.6 Å². The number of nitrogens with one attached hydrogen (secondary N) is 4. The summed E-state index contributed by atoms with van der Waals surface area (Å²) in [6.45, 7) is 7.65. The molecule has 0 bridgehead atoms. The maximum absolute atomic E-state index is 12.9. The number of rotatable bonds is 24. The van der Waals surface area contributed by atoms with Crippen molar-refractivity contribution in [1.29, 1.82) is 0 Å². The number of carbonyl (C=O) groups excluding carboxylic acids is 8. The van der Waals surface area contributed by atoms with Crippen molar-refractivity contribution in [3.8, 4) is 0 Å². The van der Waals surface area contributed by atoms with Gasteiger partial charge in [-0.3, -0.25) is 19.2 Å². The van der Waals surface area contributed by atoms with Gasteiger partial charge in [0.15, 0.2) is 11.3 Å². The topological polar surface area (TPSA) is 211 Å². The average Bonchev–Trinajstić information content (AvgIpc) is 3.05. The molecule has 13 nitrogen and oxygen atoms in total. The summed E-state index contributed by atoms with van der Waals surface area (Å²) in [6.07, 6.45) is 0.0758. The van der Waals surface area contributed by atoms with E-state index in [1.165, 1.54) is 0 Å². The summed E-state index contributed by atoms with van der Waals surface area (Å²) in [6, 6.07) is 0.930. The fourth-order valence-electron chi connectivity index (χ4n) is 4.81. The zero-order chi connectivity index (χ0) is 39.5. The quantitative estimate of drug-likeness (QED) is 0.0528. The summed E-state index contributed by atoms with van der Waals surface area (Å²) in [5.74, 6) is -5.61. The third-order valence-corrected chi connectivity index (χ3v) is 11.4. The van der Waals surface area contributed by atoms with Crippen molar-refractivity contribution in [2.75, 3.05) is 32.8 Å². The van der Waals surface area contributed by atoms with Crippen molar-refractivity contribution in [2.24, 2.45) is 29.4 Å². The Morgan fingerprint density at radius 2 is 1.16 bits per heavy atom. The molecule has 0 saturated carbocycles. The number of hydrogen-bond donors (Lipinski definition) is 5. The molecular formula is C28H46B8N5O8PS. The molecule has 0 saturated heterocycles. The molecule has 0 rings (SSSR count). The molecule has 266 valence electrons. The van der Waals surface area contributed by atoms with Gasteiger partial charge >= 0.3 is 168 Å². The summed E-state index contributed by atoms with van der Waals surface area (Å²) in [7, 11) is 24.1. The Balaban J connectivity index is 4.91. The fraction of sp³-hybridized carbons (Fsp3) is 0.714. The van der Waals surface area contributed by atoms with E-state index in [0.29, 0.717) is 12.8 Å². The Kier molecular flexibility index (Phi) is 23.9. The standard InChI is InChI=1S/C28H46B8N5O8PS/c1-16(2)8-18(26(47)40-14-24(45)50(5)33)10-20(42)12-38-23(44)7-6-22(37)28(49)39-13-21(43)11-19(9-17(3)4)27(48)41-15-25(46)51(34-29,35-30)36(31)32/h16-19,22H,6-15,37H2,1-5H3,(H,38,44)(H,39,49)(H,40,47)(H,41,48). The van der Waals surface area contributed by atoms with Crippen molar-refractivity contribution < 1.29 is 38.4 Å². The van der Waals surface area contributed by atoms with E-state index in [-0.39, 0.29) is 61.9 Å². The van der Waals surface area contributed by atoms with Crippen LogP contribution in [0.25, 0.3) is 0 Å². The first kappa shape index (κ1) is 48.8. The van der Waals surface area contributed by atoms with Gasteiger partial charge in [-0.2, -0.15) is 0 Å². The molecule has 51 heavy (non-hydrogen) atoms. The third-order valence-electron chi connectivity index (χ3n) is 7.67. The molecule has 4 amide bonds. The minimum atomic E-state index is -2.68. The molecule has 0 heterocycles. The van der Waals surface area contributed by atoms with Crippen LogP contribution >= 0.6 is 16.5 Å². The first-order chi connectivity index (χ1) is 23.7. The molecule has 0 aromatic rings. The Bertz CT molecular complexity index is 1380. The van der Waals surface area contributed by atoms with Gasteiger partial charge in [-0.05, 0) is 25.4 Å². The van der Waals surface area contributed by atoms with Gasteiger partial charge in [0.05, 0.1) is 13.1 Å². The molecule has 4 unspecified atom stereocenters. The van der Waals surface area contributed by atoms with Gasteiger partial charge in [-0.25, -0.2) is 0 Å². The van der Waals surface area contributed by atoms with Gasteiger partial charge in [0, 0.05) is 18.8 Å². The van der Waals surface area contributed by atoms with Crippen molar-refractivity contribution in [3.05, 3.63) is 0 Å². The van der Waals surface area contributed by atoms with Crippen LogP contribution in [0.2, 0.25) is 0 Å². The first-order valence-corrected chi connectivity index (χ1v) is 20.2. The summed E-state index contributed by atoms with van der Waals surface area (Å²) in [4.78, 5) is 100. The summed E-state index contributed by atoms with van der Waals surface area (Å²) in [5.41, 5.74) is 5.62. The molecule has 0 aliphatic carbocycles. The molecular weight excluding hydrogens is 684 g/mol. The molecule has 0 aromatic carbocycles. The number of nitrogens with two attached hydrogens (primary N) is 1. The molecule has 0 spiro atoms. The zero-order valence-electron chi connectivity index (χ0n) is 30.3. The zero-order valence-corrected chi connectivity index (χ0v) is 32.0. The van der Waals surface area contributed by atoms with E-state index in [4.69, 9.17) is 44.2 Å². The van der Waals surface area contributed by atoms with Gasteiger partial charge < -0.3 is 16.4 Å². The Hall–Kier alpha value is -2.18. The number of hydrogen-bond acceptors (Lipinski definition) is 9. The second-order valence-electron chi connectivity index (χ2n) is 13.1. The average molecular weight is 730 g/mol. The van der Waals surface area contributed by atoms with Crippen molar-refractivity contribution in [3.63, 3.8) is 0 Å². The summed E-state index contributed by atoms with van der Waals surface area (Å²) in [5, 5.41) is 9.35. The molecule has 6 N–H and O–H groups in total. The first-order valence-electron chi connectivity index (χ1n) is 16.6. The van der Waals surface area contributed by atoms with Gasteiger partial charge in [-0.15, -0.1) is 0 Å². The Morgan fingerprint density at radius 3 is 1.57 bits per heavy atom. The monoisotopic (exact) mass is 731 g/mol. The van der Waals surface area contributed by atoms with E-state index in [1.54, 1.807) is 6.66 Å². The molecule has 23 heteroatoms. The van der Waals surface area contributed by atoms with Crippen LogP contribution in [0, 0.1) is 23.7 Å². The maximum atomic E-state index is 12.9. The Morgan fingerprint density at radius 1 is 0.725 bits per heavy atom. The molecule has 0 aromatic heterocycles. The van der Waals surface area contributed by atoms with E-state index in [1.807, 2.05) is 27.7 Å². The van der Waals surface area contributed by atoms with E-state index in [9.17, 15) is 38.4 Å². The van der Waals surface area contributed by atoms with Crippen LogP contribution in [0.15, 0.2) is 0 Å². The van der Waals surface area contributed by atoms with Crippen LogP contribution in [0.3, 0.4) is 0 Å². The van der Waals surface area contributed by atoms with Gasteiger partial charge in [0.1, 0.15) is 7.57 Å². The van der Waals surface area contributed by atoms with Crippen LogP contribution in [0.1, 0.15) is 66.2 Å². The fourth-order valence-corrected chi connectivity index (χ4v) is 6.52. The van der Waals surface area contributed by atoms with Gasteiger partial charge in [0.2, 0.25) is 11.8 Å². The van der Waals surface area contributed by atoms with Gasteiger partial charge in [0.25, 0.3) is 0 Å². The number of Topliss-reactive ketones (excluding diaryl/α,β-unsaturated/α-hetero) is 2. The number of amides is 4. The van der Waals surface area contributed by atoms with Crippen molar-refractivity contribution >= 4 is 119 Å². The van der Waals surface area contributed by atoms with Crippen LogP contribution in [-0.2, 0) is 38.4 Å². The molecule has 10 radical (unpaired) electrons. The van der Waals surface area contributed by atoms with Crippen molar-refractivity contribution in [2.45, 2.75) is 72.3 Å². The normalized spacial score (nSPS) is 13.4. The predicted molar refractivity (Wildman–Crippen MR) is 211 cm³/mol. The van der Waals surface area contributed by atoms with Crippen LogP contribution in [-0.4, -0.2) is 141 Å². The second kappa shape index (κ2) is 24.9. The van der Waals surface area contributed by atoms with E-state index in [2.05, 4.69) is 21.3 Å². The summed E-state index contributed by atoms with van der Waals surface area (Å²) >= 11 is 0. The van der Waals surface area contributed by atoms with E-state index in [0.717, 1.165) is 12.1 Å². The third kappa shape index (κ3) is 18.9. The number of carbonyl (C=O) groups is 8. The van der Waals surface area contributed by atoms with Crippen molar-refractivity contribution in [1.82, 2.24) is 21.3 Å². The van der Waals surface area contributed by atoms with E-state index >= 15 is 0 Å². The van der Waals surface area contributed by atoms with Crippen LogP contribution < -0.4 is 27.0 Å². The summed E-state index contributed by atoms with van der Waals surface area (Å²) < 4.78 is 0. The molecule has 0 aliphatic heterocycles. The van der Waals surface area contributed by atoms with Crippen LogP contribution in [0.4, 0.5) is 0 Å². The molecule has 0 aliphatic rings. The predicted octanol–water partition coefficient (Wildman–Crippen LogP) is -2.42. The minimum absolute atomic E-state index is 0.0228. The Labute approximate surface area is 311 Å². The molecule has 0 fully saturated rings. The van der Waals surface area contributed by atoms with Crippen LogP contribution in [0.5, 0.6) is 0 Å². The number of ketones is 2. The second-order valence-corrected chi connectivity index (χ2v) is 17.9. The molecule has 4 atom stereocenters. The SMILES string of the molecule is [B]B=S(=B[B])(B([B])[B])C(=O)CNC(=O)C(CC(=O)CNC(=O)C(N)CCC(=O)NCC(=O)CC(CC(C)C)C(=O)NCC(=O)P([B])C)CC(C)C. The van der Waals surface area contributed by atoms with E-state index < -0.39 is 87.8 Å².